The molecule has 4 heteroatoms. The number of hydrogen-bond donors (Lipinski definition) is 0. The number of rotatable bonds is 2. The maximum absolute atomic E-state index is 5.54. The summed E-state index contributed by atoms with van der Waals surface area (Å²) in [5, 5.41) is 0. The second-order valence-electron chi connectivity index (χ2n) is 3.08. The minimum Gasteiger partial charge on any atom is -0.436 e. The van der Waals surface area contributed by atoms with Gasteiger partial charge in [-0.2, -0.15) is 0 Å². The average Bonchev–Trinajstić information content (AvgIpc) is 2.24. The fourth-order valence-corrected chi connectivity index (χ4v) is 1.71. The SMILES string of the molecule is Cc1ccc(Oc2cnccn2)c(Br)c1. The summed E-state index contributed by atoms with van der Waals surface area (Å²) < 4.78 is 6.45. The molecule has 0 unspecified atom stereocenters. The number of nitrogens with zero attached hydrogens (tertiary/aromatic N) is 2. The van der Waals surface area contributed by atoms with Crippen molar-refractivity contribution in [2.75, 3.05) is 0 Å². The lowest BCUT2D eigenvalue weighted by Gasteiger charge is -2.06. The van der Waals surface area contributed by atoms with E-state index in [2.05, 4.69) is 25.9 Å². The van der Waals surface area contributed by atoms with Gasteiger partial charge in [0.2, 0.25) is 5.88 Å². The lowest BCUT2D eigenvalue weighted by atomic mass is 10.2. The Hall–Kier alpha value is -1.42. The molecule has 1 aromatic carbocycles. The van der Waals surface area contributed by atoms with E-state index in [9.17, 15) is 0 Å². The van der Waals surface area contributed by atoms with Crippen molar-refractivity contribution in [1.82, 2.24) is 9.97 Å². The summed E-state index contributed by atoms with van der Waals surface area (Å²) in [5.74, 6) is 1.23. The van der Waals surface area contributed by atoms with Crippen LogP contribution in [0.15, 0.2) is 41.3 Å². The molecule has 0 radical (unpaired) electrons. The molecule has 0 fully saturated rings. The van der Waals surface area contributed by atoms with Crippen molar-refractivity contribution in [2.24, 2.45) is 0 Å². The van der Waals surface area contributed by atoms with Crippen molar-refractivity contribution in [1.29, 1.82) is 0 Å². The zero-order valence-corrected chi connectivity index (χ0v) is 9.73. The van der Waals surface area contributed by atoms with E-state index in [1.54, 1.807) is 18.6 Å². The number of halogens is 1. The van der Waals surface area contributed by atoms with Gasteiger partial charge < -0.3 is 4.74 Å². The first-order valence-electron chi connectivity index (χ1n) is 4.46. The first kappa shape index (κ1) is 10.1. The molecule has 2 aromatic rings. The molecule has 0 amide bonds. The number of hydrogen-bond acceptors (Lipinski definition) is 3. The third-order valence-electron chi connectivity index (χ3n) is 1.84. The summed E-state index contributed by atoms with van der Waals surface area (Å²) in [6.07, 6.45) is 4.78. The first-order chi connectivity index (χ1) is 7.25. The standard InChI is InChI=1S/C11H9BrN2O/c1-8-2-3-10(9(12)6-8)15-11-7-13-4-5-14-11/h2-7H,1H3. The highest BCUT2D eigenvalue weighted by Crippen LogP contribution is 2.28. The number of aromatic nitrogens is 2. The quantitative estimate of drug-likeness (QED) is 0.835. The Morgan fingerprint density at radius 1 is 1.27 bits per heavy atom. The molecule has 0 aliphatic heterocycles. The third kappa shape index (κ3) is 2.53. The summed E-state index contributed by atoms with van der Waals surface area (Å²) in [6, 6.07) is 5.87. The fourth-order valence-electron chi connectivity index (χ4n) is 1.14. The van der Waals surface area contributed by atoms with Crippen molar-refractivity contribution in [2.45, 2.75) is 6.92 Å². The van der Waals surface area contributed by atoms with E-state index < -0.39 is 0 Å². The molecule has 3 nitrogen and oxygen atoms in total. The van der Waals surface area contributed by atoms with Crippen LogP contribution >= 0.6 is 15.9 Å². The highest BCUT2D eigenvalue weighted by Gasteiger charge is 2.03. The van der Waals surface area contributed by atoms with Crippen LogP contribution in [-0.2, 0) is 0 Å². The molecular weight excluding hydrogens is 256 g/mol. The minimum atomic E-state index is 0.488. The Morgan fingerprint density at radius 3 is 2.80 bits per heavy atom. The van der Waals surface area contributed by atoms with Crippen LogP contribution in [0.4, 0.5) is 0 Å². The van der Waals surface area contributed by atoms with Gasteiger partial charge in [-0.1, -0.05) is 6.07 Å². The van der Waals surface area contributed by atoms with Crippen molar-refractivity contribution in [3.05, 3.63) is 46.8 Å². The van der Waals surface area contributed by atoms with Gasteiger partial charge in [-0.3, -0.25) is 4.98 Å². The Kier molecular flexibility index (Phi) is 2.97. The Balaban J connectivity index is 2.25. The third-order valence-corrected chi connectivity index (χ3v) is 2.46. The molecule has 1 aromatic heterocycles. The number of ether oxygens (including phenoxy) is 1. The zero-order chi connectivity index (χ0) is 10.7. The van der Waals surface area contributed by atoms with Gasteiger partial charge in [0.15, 0.2) is 0 Å². The van der Waals surface area contributed by atoms with E-state index in [-0.39, 0.29) is 0 Å². The van der Waals surface area contributed by atoms with E-state index in [0.29, 0.717) is 5.88 Å². The second kappa shape index (κ2) is 4.40. The minimum absolute atomic E-state index is 0.488. The van der Waals surface area contributed by atoms with Crippen molar-refractivity contribution >= 4 is 15.9 Å². The van der Waals surface area contributed by atoms with Crippen molar-refractivity contribution in [3.63, 3.8) is 0 Å². The molecule has 0 bridgehead atoms. The highest BCUT2D eigenvalue weighted by molar-refractivity contribution is 9.10. The van der Waals surface area contributed by atoms with Crippen molar-refractivity contribution < 1.29 is 4.74 Å². The molecule has 0 aliphatic rings. The monoisotopic (exact) mass is 264 g/mol. The first-order valence-corrected chi connectivity index (χ1v) is 5.25. The smallest absolute Gasteiger partial charge is 0.237 e. The average molecular weight is 265 g/mol. The molecule has 0 saturated carbocycles. The summed E-state index contributed by atoms with van der Waals surface area (Å²) in [5.41, 5.74) is 1.17. The number of aryl methyl sites for hydroxylation is 1. The summed E-state index contributed by atoms with van der Waals surface area (Å²) in [7, 11) is 0. The maximum atomic E-state index is 5.54. The van der Waals surface area contributed by atoms with Crippen LogP contribution in [-0.4, -0.2) is 9.97 Å². The molecule has 0 aliphatic carbocycles. The van der Waals surface area contributed by atoms with Crippen LogP contribution in [0.5, 0.6) is 11.6 Å². The Morgan fingerprint density at radius 2 is 2.13 bits per heavy atom. The summed E-state index contributed by atoms with van der Waals surface area (Å²) in [4.78, 5) is 7.96. The van der Waals surface area contributed by atoms with Crippen LogP contribution < -0.4 is 4.74 Å². The van der Waals surface area contributed by atoms with Gasteiger partial charge in [0.05, 0.1) is 10.7 Å². The van der Waals surface area contributed by atoms with Crippen molar-refractivity contribution in [3.8, 4) is 11.6 Å². The van der Waals surface area contributed by atoms with E-state index in [1.165, 1.54) is 5.56 Å². The van der Waals surface area contributed by atoms with Crippen LogP contribution in [0.1, 0.15) is 5.56 Å². The van der Waals surface area contributed by atoms with E-state index in [1.807, 2.05) is 25.1 Å². The molecule has 76 valence electrons. The van der Waals surface area contributed by atoms with Crippen LogP contribution in [0.25, 0.3) is 0 Å². The van der Waals surface area contributed by atoms with Gasteiger partial charge in [-0.05, 0) is 40.5 Å². The Bertz CT molecular complexity index is 459. The molecule has 0 N–H and O–H groups in total. The normalized spacial score (nSPS) is 10.0. The van der Waals surface area contributed by atoms with Gasteiger partial charge in [-0.15, -0.1) is 0 Å². The lowest BCUT2D eigenvalue weighted by molar-refractivity contribution is 0.457. The molecule has 1 heterocycles. The van der Waals surface area contributed by atoms with E-state index in [4.69, 9.17) is 4.74 Å². The second-order valence-corrected chi connectivity index (χ2v) is 3.93. The van der Waals surface area contributed by atoms with Gasteiger partial charge in [0, 0.05) is 12.4 Å². The molecular formula is C11H9BrN2O. The van der Waals surface area contributed by atoms with Gasteiger partial charge in [-0.25, -0.2) is 4.98 Å². The number of benzene rings is 1. The largest absolute Gasteiger partial charge is 0.436 e. The van der Waals surface area contributed by atoms with Crippen LogP contribution in [0.2, 0.25) is 0 Å². The summed E-state index contributed by atoms with van der Waals surface area (Å²) >= 11 is 3.43. The topological polar surface area (TPSA) is 35.0 Å². The predicted molar refractivity (Wildman–Crippen MR) is 61.0 cm³/mol. The molecule has 0 atom stereocenters. The molecule has 0 spiro atoms. The maximum Gasteiger partial charge on any atom is 0.237 e. The van der Waals surface area contributed by atoms with Crippen LogP contribution in [0, 0.1) is 6.92 Å². The van der Waals surface area contributed by atoms with Gasteiger partial charge in [0.25, 0.3) is 0 Å². The van der Waals surface area contributed by atoms with Gasteiger partial charge in [0.1, 0.15) is 5.75 Å². The fraction of sp³-hybridized carbons (Fsp3) is 0.0909. The Labute approximate surface area is 96.3 Å². The van der Waals surface area contributed by atoms with Crippen LogP contribution in [0.3, 0.4) is 0 Å². The zero-order valence-electron chi connectivity index (χ0n) is 8.14. The molecule has 2 rings (SSSR count). The summed E-state index contributed by atoms with van der Waals surface area (Å²) in [6.45, 7) is 2.02. The van der Waals surface area contributed by atoms with E-state index in [0.717, 1.165) is 10.2 Å². The van der Waals surface area contributed by atoms with E-state index >= 15 is 0 Å². The highest BCUT2D eigenvalue weighted by atomic mass is 79.9. The lowest BCUT2D eigenvalue weighted by Crippen LogP contribution is -1.89. The molecule has 0 saturated heterocycles. The predicted octanol–water partition coefficient (Wildman–Crippen LogP) is 3.34. The van der Waals surface area contributed by atoms with Gasteiger partial charge >= 0.3 is 0 Å². The molecule has 15 heavy (non-hydrogen) atoms.